The number of halogens is 1. The van der Waals surface area contributed by atoms with Crippen LogP contribution in [-0.4, -0.2) is 0 Å². The molecule has 2 aromatic rings. The molecule has 0 aliphatic rings. The Balaban J connectivity index is 2.36. The van der Waals surface area contributed by atoms with E-state index in [1.54, 1.807) is 0 Å². The highest BCUT2D eigenvalue weighted by molar-refractivity contribution is 6.31. The maximum absolute atomic E-state index is 6.17. The molecule has 0 saturated heterocycles. The molecule has 0 spiro atoms. The molecule has 1 unspecified atom stereocenters. The van der Waals surface area contributed by atoms with Gasteiger partial charge in [0.2, 0.25) is 0 Å². The lowest BCUT2D eigenvalue weighted by atomic mass is 9.96. The number of hydrogen-bond acceptors (Lipinski definition) is 1. The van der Waals surface area contributed by atoms with Crippen molar-refractivity contribution in [1.29, 1.82) is 0 Å². The monoisotopic (exact) mass is 273 g/mol. The number of para-hydroxylation sites is 1. The molecule has 19 heavy (non-hydrogen) atoms. The van der Waals surface area contributed by atoms with Gasteiger partial charge in [0.05, 0.1) is 0 Å². The molecule has 2 rings (SSSR count). The van der Waals surface area contributed by atoms with Crippen molar-refractivity contribution in [3.63, 3.8) is 0 Å². The fourth-order valence-corrected chi connectivity index (χ4v) is 2.32. The van der Waals surface area contributed by atoms with E-state index in [1.807, 2.05) is 19.1 Å². The van der Waals surface area contributed by atoms with Crippen LogP contribution in [0.25, 0.3) is 0 Å². The van der Waals surface area contributed by atoms with Gasteiger partial charge in [-0.2, -0.15) is 0 Å². The van der Waals surface area contributed by atoms with E-state index in [2.05, 4.69) is 49.5 Å². The normalized spacial score (nSPS) is 12.2. The Morgan fingerprint density at radius 3 is 2.47 bits per heavy atom. The van der Waals surface area contributed by atoms with Crippen molar-refractivity contribution in [2.75, 3.05) is 5.32 Å². The summed E-state index contributed by atoms with van der Waals surface area (Å²) in [6.45, 7) is 6.51. The van der Waals surface area contributed by atoms with E-state index >= 15 is 0 Å². The van der Waals surface area contributed by atoms with Gasteiger partial charge in [-0.05, 0) is 48.6 Å². The number of benzene rings is 2. The zero-order valence-corrected chi connectivity index (χ0v) is 12.5. The van der Waals surface area contributed by atoms with E-state index in [1.165, 1.54) is 11.3 Å². The smallest absolute Gasteiger partial charge is 0.0455 e. The summed E-state index contributed by atoms with van der Waals surface area (Å²) in [5.41, 5.74) is 4.68. The van der Waals surface area contributed by atoms with Gasteiger partial charge in [-0.15, -0.1) is 0 Å². The Kier molecular flexibility index (Phi) is 4.49. The lowest BCUT2D eigenvalue weighted by molar-refractivity contribution is 0.735. The quantitative estimate of drug-likeness (QED) is 0.731. The number of anilines is 2. The molecule has 0 radical (unpaired) electrons. The number of rotatable bonds is 4. The van der Waals surface area contributed by atoms with Crippen LogP contribution in [0.3, 0.4) is 0 Å². The molecule has 2 heteroatoms. The lowest BCUT2D eigenvalue weighted by Gasteiger charge is -2.17. The first kappa shape index (κ1) is 14.0. The predicted molar refractivity (Wildman–Crippen MR) is 84.6 cm³/mol. The molecule has 0 aliphatic heterocycles. The van der Waals surface area contributed by atoms with Crippen molar-refractivity contribution in [1.82, 2.24) is 0 Å². The molecule has 1 atom stereocenters. The van der Waals surface area contributed by atoms with Crippen molar-refractivity contribution >= 4 is 23.0 Å². The average Bonchev–Trinajstić information content (AvgIpc) is 2.43. The van der Waals surface area contributed by atoms with Gasteiger partial charge in [-0.3, -0.25) is 0 Å². The van der Waals surface area contributed by atoms with Crippen LogP contribution < -0.4 is 5.32 Å². The van der Waals surface area contributed by atoms with Gasteiger partial charge in [0.1, 0.15) is 0 Å². The first-order valence-electron chi connectivity index (χ1n) is 6.74. The van der Waals surface area contributed by atoms with Crippen LogP contribution in [0.5, 0.6) is 0 Å². The van der Waals surface area contributed by atoms with Crippen LogP contribution in [-0.2, 0) is 0 Å². The third kappa shape index (κ3) is 3.10. The van der Waals surface area contributed by atoms with E-state index in [0.717, 1.165) is 22.7 Å². The van der Waals surface area contributed by atoms with Crippen LogP contribution in [0.4, 0.5) is 11.4 Å². The summed E-state index contributed by atoms with van der Waals surface area (Å²) < 4.78 is 0. The summed E-state index contributed by atoms with van der Waals surface area (Å²) in [6.07, 6.45) is 1.13. The molecule has 1 nitrogen and oxygen atoms in total. The first-order chi connectivity index (χ1) is 9.13. The van der Waals surface area contributed by atoms with E-state index in [4.69, 9.17) is 11.6 Å². The van der Waals surface area contributed by atoms with Crippen molar-refractivity contribution in [2.45, 2.75) is 33.1 Å². The maximum atomic E-state index is 6.17. The maximum Gasteiger partial charge on any atom is 0.0455 e. The molecular formula is C17H20ClN. The minimum Gasteiger partial charge on any atom is -0.355 e. The Bertz CT molecular complexity index is 563. The van der Waals surface area contributed by atoms with Crippen molar-refractivity contribution in [2.24, 2.45) is 0 Å². The molecule has 100 valence electrons. The second kappa shape index (κ2) is 6.12. The summed E-state index contributed by atoms with van der Waals surface area (Å²) in [5, 5.41) is 4.31. The van der Waals surface area contributed by atoms with Crippen molar-refractivity contribution < 1.29 is 0 Å². The topological polar surface area (TPSA) is 12.0 Å². The summed E-state index contributed by atoms with van der Waals surface area (Å²) in [5.74, 6) is 0.545. The number of hydrogen-bond donors (Lipinski definition) is 1. The molecule has 0 amide bonds. The Morgan fingerprint density at radius 1 is 1.05 bits per heavy atom. The second-order valence-electron chi connectivity index (χ2n) is 4.93. The molecule has 0 aliphatic carbocycles. The first-order valence-corrected chi connectivity index (χ1v) is 7.12. The van der Waals surface area contributed by atoms with Gasteiger partial charge in [-0.1, -0.05) is 49.7 Å². The molecule has 2 aromatic carbocycles. The Hall–Kier alpha value is -1.47. The van der Waals surface area contributed by atoms with E-state index in [0.29, 0.717) is 5.92 Å². The van der Waals surface area contributed by atoms with Gasteiger partial charge in [0.25, 0.3) is 0 Å². The van der Waals surface area contributed by atoms with E-state index in [9.17, 15) is 0 Å². The fraction of sp³-hybridized carbons (Fsp3) is 0.294. The van der Waals surface area contributed by atoms with Crippen LogP contribution in [0.15, 0.2) is 42.5 Å². The fourth-order valence-electron chi connectivity index (χ4n) is 2.15. The largest absolute Gasteiger partial charge is 0.355 e. The minimum absolute atomic E-state index is 0.545. The van der Waals surface area contributed by atoms with Gasteiger partial charge < -0.3 is 5.32 Å². The van der Waals surface area contributed by atoms with Gasteiger partial charge in [0, 0.05) is 16.4 Å². The van der Waals surface area contributed by atoms with Crippen LogP contribution in [0.2, 0.25) is 5.02 Å². The molecule has 0 aromatic heterocycles. The highest BCUT2D eigenvalue weighted by atomic mass is 35.5. The molecule has 0 fully saturated rings. The molecule has 0 saturated carbocycles. The summed E-state index contributed by atoms with van der Waals surface area (Å²) in [4.78, 5) is 0. The van der Waals surface area contributed by atoms with Crippen LogP contribution in [0.1, 0.15) is 37.3 Å². The lowest BCUT2D eigenvalue weighted by Crippen LogP contribution is -2.00. The van der Waals surface area contributed by atoms with Crippen LogP contribution in [0, 0.1) is 6.92 Å². The third-order valence-electron chi connectivity index (χ3n) is 3.64. The molecular weight excluding hydrogens is 254 g/mol. The average molecular weight is 274 g/mol. The van der Waals surface area contributed by atoms with Gasteiger partial charge >= 0.3 is 0 Å². The zero-order valence-electron chi connectivity index (χ0n) is 11.7. The Morgan fingerprint density at radius 2 is 1.74 bits per heavy atom. The highest BCUT2D eigenvalue weighted by Gasteiger charge is 2.09. The van der Waals surface area contributed by atoms with Crippen LogP contribution >= 0.6 is 11.6 Å². The molecule has 0 heterocycles. The summed E-state index contributed by atoms with van der Waals surface area (Å²) >= 11 is 6.17. The Labute approximate surface area is 120 Å². The zero-order chi connectivity index (χ0) is 13.8. The summed E-state index contributed by atoms with van der Waals surface area (Å²) in [6, 6.07) is 14.4. The number of nitrogens with one attached hydrogen (secondary N) is 1. The SMILES string of the molecule is CCC(C)c1ccccc1Nc1cccc(Cl)c1C. The van der Waals surface area contributed by atoms with E-state index < -0.39 is 0 Å². The van der Waals surface area contributed by atoms with Crippen molar-refractivity contribution in [3.8, 4) is 0 Å². The van der Waals surface area contributed by atoms with Gasteiger partial charge in [0.15, 0.2) is 0 Å². The third-order valence-corrected chi connectivity index (χ3v) is 4.05. The summed E-state index contributed by atoms with van der Waals surface area (Å²) in [7, 11) is 0. The van der Waals surface area contributed by atoms with Gasteiger partial charge in [-0.25, -0.2) is 0 Å². The highest BCUT2D eigenvalue weighted by Crippen LogP contribution is 2.31. The second-order valence-corrected chi connectivity index (χ2v) is 5.34. The van der Waals surface area contributed by atoms with Crippen molar-refractivity contribution in [3.05, 3.63) is 58.6 Å². The molecule has 1 N–H and O–H groups in total. The predicted octanol–water partition coefficient (Wildman–Crippen LogP) is 5.91. The molecule has 0 bridgehead atoms. The minimum atomic E-state index is 0.545. The standard InChI is InChI=1S/C17H20ClN/c1-4-12(2)14-8-5-6-10-17(14)19-16-11-7-9-15(18)13(16)3/h5-12,19H,4H2,1-3H3. The van der Waals surface area contributed by atoms with E-state index in [-0.39, 0.29) is 0 Å².